The summed E-state index contributed by atoms with van der Waals surface area (Å²) in [6, 6.07) is 6.30. The third-order valence-corrected chi connectivity index (χ3v) is 3.27. The monoisotopic (exact) mass is 268 g/mol. The minimum atomic E-state index is -0.441. The van der Waals surface area contributed by atoms with Gasteiger partial charge in [0.2, 0.25) is 5.91 Å². The molecule has 0 aliphatic heterocycles. The van der Waals surface area contributed by atoms with Gasteiger partial charge in [-0.2, -0.15) is 0 Å². The number of benzene rings is 1. The summed E-state index contributed by atoms with van der Waals surface area (Å²) in [5.74, 6) is -0.0339. The molecule has 1 N–H and O–H groups in total. The molecule has 1 aromatic rings. The van der Waals surface area contributed by atoms with Crippen LogP contribution >= 0.6 is 11.8 Å². The first-order valence-corrected chi connectivity index (χ1v) is 6.49. The van der Waals surface area contributed by atoms with E-state index < -0.39 is 4.92 Å². The van der Waals surface area contributed by atoms with Crippen molar-refractivity contribution < 1.29 is 9.72 Å². The number of carbonyl (C=O) groups is 1. The molecule has 1 atom stereocenters. The Morgan fingerprint density at radius 1 is 1.28 bits per heavy atom. The van der Waals surface area contributed by atoms with Crippen molar-refractivity contribution in [2.24, 2.45) is 0 Å². The van der Waals surface area contributed by atoms with Crippen molar-refractivity contribution in [1.82, 2.24) is 5.32 Å². The summed E-state index contributed by atoms with van der Waals surface area (Å²) in [6.45, 7) is 5.62. The van der Waals surface area contributed by atoms with Crippen LogP contribution in [-0.4, -0.2) is 22.1 Å². The van der Waals surface area contributed by atoms with Crippen LogP contribution in [-0.2, 0) is 4.79 Å². The normalized spacial score (nSPS) is 12.2. The minimum absolute atomic E-state index is 0.0339. The Hall–Kier alpha value is -1.56. The summed E-state index contributed by atoms with van der Waals surface area (Å²) < 4.78 is 0. The Morgan fingerprint density at radius 3 is 2.28 bits per heavy atom. The first-order valence-electron chi connectivity index (χ1n) is 5.61. The molecule has 98 valence electrons. The molecule has 0 aromatic heterocycles. The van der Waals surface area contributed by atoms with E-state index in [2.05, 4.69) is 5.32 Å². The van der Waals surface area contributed by atoms with Gasteiger partial charge >= 0.3 is 0 Å². The first-order chi connectivity index (χ1) is 8.40. The van der Waals surface area contributed by atoms with Crippen LogP contribution < -0.4 is 5.32 Å². The standard InChI is InChI=1S/C12H16N2O3S/c1-8(2)13-12(15)9(3)18-11-6-4-10(5-7-11)14(16)17/h4-9H,1-3H3,(H,13,15). The maximum Gasteiger partial charge on any atom is 0.269 e. The summed E-state index contributed by atoms with van der Waals surface area (Å²) >= 11 is 1.38. The zero-order chi connectivity index (χ0) is 13.7. The molecule has 1 rings (SSSR count). The van der Waals surface area contributed by atoms with Gasteiger partial charge in [-0.3, -0.25) is 14.9 Å². The van der Waals surface area contributed by atoms with Crippen molar-refractivity contribution >= 4 is 23.4 Å². The number of nitro benzene ring substituents is 1. The fourth-order valence-corrected chi connectivity index (χ4v) is 2.18. The third kappa shape index (κ3) is 4.37. The van der Waals surface area contributed by atoms with E-state index in [4.69, 9.17) is 0 Å². The molecule has 0 bridgehead atoms. The molecule has 1 aromatic carbocycles. The third-order valence-electron chi connectivity index (χ3n) is 2.16. The number of non-ortho nitro benzene ring substituents is 1. The molecular formula is C12H16N2O3S. The highest BCUT2D eigenvalue weighted by Gasteiger charge is 2.15. The molecule has 1 amide bonds. The van der Waals surface area contributed by atoms with Crippen LogP contribution in [0.15, 0.2) is 29.2 Å². The van der Waals surface area contributed by atoms with Crippen LogP contribution in [0.3, 0.4) is 0 Å². The first kappa shape index (κ1) is 14.5. The molecule has 0 radical (unpaired) electrons. The largest absolute Gasteiger partial charge is 0.353 e. The van der Waals surface area contributed by atoms with E-state index in [1.54, 1.807) is 12.1 Å². The quantitative estimate of drug-likeness (QED) is 0.506. The molecule has 0 spiro atoms. The molecule has 0 saturated heterocycles. The smallest absolute Gasteiger partial charge is 0.269 e. The predicted molar refractivity (Wildman–Crippen MR) is 71.7 cm³/mol. The van der Waals surface area contributed by atoms with Crippen molar-refractivity contribution in [3.8, 4) is 0 Å². The average molecular weight is 268 g/mol. The SMILES string of the molecule is CC(C)NC(=O)C(C)Sc1ccc([N+](=O)[O-])cc1. The highest BCUT2D eigenvalue weighted by atomic mass is 32.2. The van der Waals surface area contributed by atoms with E-state index in [0.717, 1.165) is 4.90 Å². The second kappa shape index (κ2) is 6.39. The topological polar surface area (TPSA) is 72.2 Å². The van der Waals surface area contributed by atoms with Crippen LogP contribution in [0.4, 0.5) is 5.69 Å². The van der Waals surface area contributed by atoms with Crippen LogP contribution in [0, 0.1) is 10.1 Å². The van der Waals surface area contributed by atoms with Gasteiger partial charge in [0.1, 0.15) is 0 Å². The van der Waals surface area contributed by atoms with Gasteiger partial charge in [-0.15, -0.1) is 11.8 Å². The Bertz CT molecular complexity index is 431. The highest BCUT2D eigenvalue weighted by Crippen LogP contribution is 2.25. The summed E-state index contributed by atoms with van der Waals surface area (Å²) in [6.07, 6.45) is 0. The number of nitro groups is 1. The minimum Gasteiger partial charge on any atom is -0.353 e. The van der Waals surface area contributed by atoms with E-state index in [1.165, 1.54) is 23.9 Å². The molecule has 5 nitrogen and oxygen atoms in total. The van der Waals surface area contributed by atoms with Crippen molar-refractivity contribution in [2.45, 2.75) is 37.0 Å². The van der Waals surface area contributed by atoms with Gasteiger partial charge in [0.05, 0.1) is 10.2 Å². The Kier molecular flexibility index (Phi) is 5.15. The van der Waals surface area contributed by atoms with Crippen LogP contribution in [0.25, 0.3) is 0 Å². The van der Waals surface area contributed by atoms with Crippen LogP contribution in [0.2, 0.25) is 0 Å². The summed E-state index contributed by atoms with van der Waals surface area (Å²) in [7, 11) is 0. The fraction of sp³-hybridized carbons (Fsp3) is 0.417. The second-order valence-electron chi connectivity index (χ2n) is 4.17. The Labute approximate surface area is 110 Å². The maximum absolute atomic E-state index is 11.7. The lowest BCUT2D eigenvalue weighted by Gasteiger charge is -2.14. The fourth-order valence-electron chi connectivity index (χ4n) is 1.31. The molecule has 0 aliphatic carbocycles. The number of amides is 1. The lowest BCUT2D eigenvalue weighted by atomic mass is 10.3. The highest BCUT2D eigenvalue weighted by molar-refractivity contribution is 8.00. The van der Waals surface area contributed by atoms with Gasteiger partial charge in [0.25, 0.3) is 5.69 Å². The van der Waals surface area contributed by atoms with Gasteiger partial charge in [0, 0.05) is 23.1 Å². The average Bonchev–Trinajstić information content (AvgIpc) is 2.28. The van der Waals surface area contributed by atoms with E-state index in [1.807, 2.05) is 20.8 Å². The number of nitrogens with one attached hydrogen (secondary N) is 1. The van der Waals surface area contributed by atoms with Crippen molar-refractivity contribution in [3.63, 3.8) is 0 Å². The van der Waals surface area contributed by atoms with E-state index in [0.29, 0.717) is 0 Å². The van der Waals surface area contributed by atoms with Crippen LogP contribution in [0.5, 0.6) is 0 Å². The summed E-state index contributed by atoms with van der Waals surface area (Å²) in [4.78, 5) is 22.6. The number of thioether (sulfide) groups is 1. The van der Waals surface area contributed by atoms with E-state index >= 15 is 0 Å². The molecular weight excluding hydrogens is 252 g/mol. The second-order valence-corrected chi connectivity index (χ2v) is 5.59. The zero-order valence-electron chi connectivity index (χ0n) is 10.5. The zero-order valence-corrected chi connectivity index (χ0v) is 11.4. The maximum atomic E-state index is 11.7. The van der Waals surface area contributed by atoms with Gasteiger partial charge < -0.3 is 5.32 Å². The number of rotatable bonds is 5. The molecule has 0 saturated carbocycles. The molecule has 6 heteroatoms. The molecule has 1 unspecified atom stereocenters. The molecule has 0 heterocycles. The Balaban J connectivity index is 2.61. The van der Waals surface area contributed by atoms with Crippen molar-refractivity contribution in [2.75, 3.05) is 0 Å². The summed E-state index contributed by atoms with van der Waals surface area (Å²) in [5.41, 5.74) is 0.0543. The van der Waals surface area contributed by atoms with E-state index in [-0.39, 0.29) is 22.9 Å². The predicted octanol–water partition coefficient (Wildman–Crippen LogP) is 2.60. The van der Waals surface area contributed by atoms with Crippen LogP contribution in [0.1, 0.15) is 20.8 Å². The molecule has 18 heavy (non-hydrogen) atoms. The number of carbonyl (C=O) groups excluding carboxylic acids is 1. The number of nitrogens with zero attached hydrogens (tertiary/aromatic N) is 1. The molecule has 0 fully saturated rings. The van der Waals surface area contributed by atoms with Gasteiger partial charge in [-0.1, -0.05) is 0 Å². The number of hydrogen-bond donors (Lipinski definition) is 1. The molecule has 0 aliphatic rings. The van der Waals surface area contributed by atoms with Gasteiger partial charge in [-0.05, 0) is 32.9 Å². The van der Waals surface area contributed by atoms with Gasteiger partial charge in [-0.25, -0.2) is 0 Å². The van der Waals surface area contributed by atoms with E-state index in [9.17, 15) is 14.9 Å². The van der Waals surface area contributed by atoms with Gasteiger partial charge in [0.15, 0.2) is 0 Å². The van der Waals surface area contributed by atoms with Crippen molar-refractivity contribution in [1.29, 1.82) is 0 Å². The van der Waals surface area contributed by atoms with Crippen molar-refractivity contribution in [3.05, 3.63) is 34.4 Å². The lowest BCUT2D eigenvalue weighted by Crippen LogP contribution is -2.35. The number of hydrogen-bond acceptors (Lipinski definition) is 4. The Morgan fingerprint density at radius 2 is 1.83 bits per heavy atom. The summed E-state index contributed by atoms with van der Waals surface area (Å²) in [5, 5.41) is 13.1. The lowest BCUT2D eigenvalue weighted by molar-refractivity contribution is -0.384.